The molecule has 3 heteroatoms. The molecule has 1 rings (SSSR count). The minimum atomic E-state index is 0. The quantitative estimate of drug-likeness (QED) is 0.562. The minimum Gasteiger partial charge on any atom is -0.498 e. The van der Waals surface area contributed by atoms with E-state index in [9.17, 15) is 0 Å². The van der Waals surface area contributed by atoms with Gasteiger partial charge in [-0.1, -0.05) is 7.43 Å². The number of nitrogen functional groups attached to an aromatic ring is 1. The van der Waals surface area contributed by atoms with Gasteiger partial charge in [-0.3, -0.25) is 0 Å². The number of rotatable bonds is 0. The van der Waals surface area contributed by atoms with Gasteiger partial charge in [-0.2, -0.15) is 0 Å². The Morgan fingerprint density at radius 3 is 2.38 bits per heavy atom. The molecule has 0 aliphatic rings. The van der Waals surface area contributed by atoms with E-state index in [1.807, 2.05) is 0 Å². The molecule has 0 aromatic carbocycles. The molecule has 0 saturated heterocycles. The van der Waals surface area contributed by atoms with Crippen LogP contribution in [0.4, 0.5) is 5.69 Å². The average molecular weight is 131 g/mol. The second-order valence-corrected chi connectivity index (χ2v) is 2.08. The molecule has 0 bridgehead atoms. The largest absolute Gasteiger partial charge is 0.498 e. The summed E-state index contributed by atoms with van der Waals surface area (Å²) in [6.45, 7) is 0. The number of nitrogens with two attached hydrogens (primary N) is 1. The molecule has 0 radical (unpaired) electrons. The molecule has 1 heterocycles. The third-order valence-electron chi connectivity index (χ3n) is 0.674. The molecule has 0 unspecified atom stereocenters. The highest BCUT2D eigenvalue weighted by Gasteiger charge is 1.91. The first-order chi connectivity index (χ1) is 3.30. The maximum Gasteiger partial charge on any atom is 0.194 e. The fourth-order valence-corrected chi connectivity index (χ4v) is 0.859. The SMILES string of the molecule is C.Nc1ccsc1O. The first-order valence-electron chi connectivity index (χ1n) is 1.82. The van der Waals surface area contributed by atoms with E-state index >= 15 is 0 Å². The van der Waals surface area contributed by atoms with E-state index in [1.165, 1.54) is 11.3 Å². The standard InChI is InChI=1S/C4H5NOS.CH4/c5-3-1-2-7-4(3)6;/h1-2,6H,5H2;1H4. The van der Waals surface area contributed by atoms with E-state index in [-0.39, 0.29) is 12.5 Å². The molecule has 0 atom stereocenters. The van der Waals surface area contributed by atoms with Gasteiger partial charge < -0.3 is 10.8 Å². The van der Waals surface area contributed by atoms with Crippen molar-refractivity contribution in [2.75, 3.05) is 5.73 Å². The lowest BCUT2D eigenvalue weighted by Gasteiger charge is -1.80. The normalized spacial score (nSPS) is 8.00. The maximum absolute atomic E-state index is 8.65. The van der Waals surface area contributed by atoms with E-state index in [2.05, 4.69) is 0 Å². The molecule has 3 N–H and O–H groups in total. The van der Waals surface area contributed by atoms with Gasteiger partial charge in [0.1, 0.15) is 0 Å². The molecule has 0 fully saturated rings. The minimum absolute atomic E-state index is 0. The van der Waals surface area contributed by atoms with Gasteiger partial charge >= 0.3 is 0 Å². The summed E-state index contributed by atoms with van der Waals surface area (Å²) in [6.07, 6.45) is 0. The van der Waals surface area contributed by atoms with Crippen LogP contribution in [0.5, 0.6) is 5.06 Å². The molecule has 0 aliphatic carbocycles. The monoisotopic (exact) mass is 131 g/mol. The smallest absolute Gasteiger partial charge is 0.194 e. The van der Waals surface area contributed by atoms with E-state index in [0.29, 0.717) is 5.69 Å². The van der Waals surface area contributed by atoms with Crippen molar-refractivity contribution in [3.8, 4) is 5.06 Å². The number of anilines is 1. The summed E-state index contributed by atoms with van der Waals surface area (Å²) in [4.78, 5) is 0. The van der Waals surface area contributed by atoms with Crippen LogP contribution in [0, 0.1) is 0 Å². The molecule has 8 heavy (non-hydrogen) atoms. The molecule has 0 amide bonds. The molecule has 0 aliphatic heterocycles. The average Bonchev–Trinajstić information content (AvgIpc) is 1.91. The van der Waals surface area contributed by atoms with Gasteiger partial charge in [-0.05, 0) is 11.4 Å². The lowest BCUT2D eigenvalue weighted by atomic mass is 10.5. The first kappa shape index (κ1) is 7.30. The number of hydrogen-bond donors (Lipinski definition) is 2. The highest BCUT2D eigenvalue weighted by molar-refractivity contribution is 7.12. The van der Waals surface area contributed by atoms with E-state index in [0.717, 1.165) is 0 Å². The number of thiophene rings is 1. The number of aromatic hydroxyl groups is 1. The highest BCUT2D eigenvalue weighted by Crippen LogP contribution is 2.25. The second-order valence-electron chi connectivity index (χ2n) is 1.18. The van der Waals surface area contributed by atoms with Crippen molar-refractivity contribution in [1.29, 1.82) is 0 Å². The van der Waals surface area contributed by atoms with Crippen molar-refractivity contribution in [1.82, 2.24) is 0 Å². The Balaban J connectivity index is 0.000000490. The Morgan fingerprint density at radius 2 is 2.25 bits per heavy atom. The van der Waals surface area contributed by atoms with Gasteiger partial charge in [0, 0.05) is 0 Å². The molecule has 46 valence electrons. The van der Waals surface area contributed by atoms with Crippen LogP contribution in [-0.2, 0) is 0 Å². The fourth-order valence-electron chi connectivity index (χ4n) is 0.311. The Hall–Kier alpha value is -0.700. The van der Waals surface area contributed by atoms with Crippen molar-refractivity contribution in [2.24, 2.45) is 0 Å². The van der Waals surface area contributed by atoms with Crippen LogP contribution in [0.1, 0.15) is 7.43 Å². The maximum atomic E-state index is 8.65. The van der Waals surface area contributed by atoms with Crippen molar-refractivity contribution in [2.45, 2.75) is 7.43 Å². The van der Waals surface area contributed by atoms with Crippen LogP contribution in [0.3, 0.4) is 0 Å². The van der Waals surface area contributed by atoms with Crippen LogP contribution in [0.15, 0.2) is 11.4 Å². The molecule has 2 nitrogen and oxygen atoms in total. The van der Waals surface area contributed by atoms with Crippen molar-refractivity contribution >= 4 is 17.0 Å². The summed E-state index contributed by atoms with van der Waals surface area (Å²) in [7, 11) is 0. The third-order valence-corrected chi connectivity index (χ3v) is 1.41. The summed E-state index contributed by atoms with van der Waals surface area (Å²) >= 11 is 1.23. The van der Waals surface area contributed by atoms with Gasteiger partial charge in [0.25, 0.3) is 0 Å². The fraction of sp³-hybridized carbons (Fsp3) is 0.200. The van der Waals surface area contributed by atoms with Gasteiger partial charge in [-0.15, -0.1) is 11.3 Å². The zero-order valence-electron chi connectivity index (χ0n) is 3.59. The lowest BCUT2D eigenvalue weighted by molar-refractivity contribution is 0.493. The summed E-state index contributed by atoms with van der Waals surface area (Å²) < 4.78 is 0. The van der Waals surface area contributed by atoms with E-state index in [1.54, 1.807) is 11.4 Å². The Kier molecular flexibility index (Phi) is 2.34. The van der Waals surface area contributed by atoms with Gasteiger partial charge in [-0.25, -0.2) is 0 Å². The third kappa shape index (κ3) is 1.13. The summed E-state index contributed by atoms with van der Waals surface area (Å²) in [6, 6.07) is 1.67. The molecular formula is C5H9NOS. The van der Waals surface area contributed by atoms with Crippen LogP contribution >= 0.6 is 11.3 Å². The molecule has 0 saturated carbocycles. The van der Waals surface area contributed by atoms with Crippen LogP contribution < -0.4 is 5.73 Å². The van der Waals surface area contributed by atoms with Crippen LogP contribution in [0.2, 0.25) is 0 Å². The van der Waals surface area contributed by atoms with Gasteiger partial charge in [0.15, 0.2) is 5.06 Å². The molecule has 0 spiro atoms. The number of hydrogen-bond acceptors (Lipinski definition) is 3. The topological polar surface area (TPSA) is 46.2 Å². The predicted molar refractivity (Wildman–Crippen MR) is 37.1 cm³/mol. The zero-order chi connectivity index (χ0) is 5.28. The Morgan fingerprint density at radius 1 is 1.62 bits per heavy atom. The Bertz CT molecular complexity index is 145. The van der Waals surface area contributed by atoms with Gasteiger partial charge in [0.2, 0.25) is 0 Å². The van der Waals surface area contributed by atoms with Crippen molar-refractivity contribution < 1.29 is 5.11 Å². The first-order valence-corrected chi connectivity index (χ1v) is 2.70. The molecule has 1 aromatic rings. The van der Waals surface area contributed by atoms with Crippen LogP contribution in [0.25, 0.3) is 0 Å². The zero-order valence-corrected chi connectivity index (χ0v) is 4.40. The second kappa shape index (κ2) is 2.57. The van der Waals surface area contributed by atoms with Crippen molar-refractivity contribution in [3.05, 3.63) is 11.4 Å². The highest BCUT2D eigenvalue weighted by atomic mass is 32.1. The van der Waals surface area contributed by atoms with E-state index in [4.69, 9.17) is 10.8 Å². The summed E-state index contributed by atoms with van der Waals surface area (Å²) in [5, 5.41) is 10.6. The van der Waals surface area contributed by atoms with E-state index < -0.39 is 0 Å². The molecular weight excluding hydrogens is 122 g/mol. The van der Waals surface area contributed by atoms with Crippen molar-refractivity contribution in [3.63, 3.8) is 0 Å². The van der Waals surface area contributed by atoms with Gasteiger partial charge in [0.05, 0.1) is 5.69 Å². The predicted octanol–water partition coefficient (Wildman–Crippen LogP) is 1.67. The Labute approximate surface area is 52.6 Å². The summed E-state index contributed by atoms with van der Waals surface area (Å²) in [5.74, 6) is 0. The van der Waals surface area contributed by atoms with Crippen LogP contribution in [-0.4, -0.2) is 5.11 Å². The lowest BCUT2D eigenvalue weighted by Crippen LogP contribution is -1.76. The molecule has 1 aromatic heterocycles. The summed E-state index contributed by atoms with van der Waals surface area (Å²) in [5.41, 5.74) is 5.66.